The van der Waals surface area contributed by atoms with Crippen molar-refractivity contribution in [3.63, 3.8) is 0 Å². The fourth-order valence-electron chi connectivity index (χ4n) is 2.89. The maximum Gasteiger partial charge on any atom is 0.201 e. The molecule has 0 unspecified atom stereocenters. The molecule has 0 fully saturated rings. The second-order valence-electron chi connectivity index (χ2n) is 7.05. The van der Waals surface area contributed by atoms with Crippen molar-refractivity contribution in [3.8, 4) is 17.6 Å². The first-order valence-electron chi connectivity index (χ1n) is 10.4. The SMILES string of the molecule is CCCCCCCc1ccc(C#Cc2ccc(OCCCC)c(F)c2F)cc1. The van der Waals surface area contributed by atoms with Gasteiger partial charge in [-0.2, -0.15) is 4.39 Å². The minimum Gasteiger partial charge on any atom is -0.490 e. The van der Waals surface area contributed by atoms with E-state index in [-0.39, 0.29) is 11.3 Å². The fraction of sp³-hybridized carbons (Fsp3) is 0.440. The third-order valence-electron chi connectivity index (χ3n) is 4.67. The lowest BCUT2D eigenvalue weighted by Gasteiger charge is -2.07. The van der Waals surface area contributed by atoms with Gasteiger partial charge in [0.05, 0.1) is 12.2 Å². The molecule has 2 rings (SSSR count). The Labute approximate surface area is 168 Å². The molecule has 2 aromatic rings. The number of unbranched alkanes of at least 4 members (excludes halogenated alkanes) is 5. The van der Waals surface area contributed by atoms with Gasteiger partial charge >= 0.3 is 0 Å². The number of aryl methyl sites for hydroxylation is 1. The standard InChI is InChI=1S/C25H30F2O/c1-3-5-7-8-9-10-20-11-13-21(14-12-20)15-16-22-17-18-23(25(27)24(22)26)28-19-6-4-2/h11-14,17-18H,3-10,19H2,1-2H3. The topological polar surface area (TPSA) is 9.23 Å². The van der Waals surface area contributed by atoms with Crippen molar-refractivity contribution in [3.05, 3.63) is 64.7 Å². The lowest BCUT2D eigenvalue weighted by Crippen LogP contribution is -2.01. The van der Waals surface area contributed by atoms with Gasteiger partial charge in [-0.1, -0.05) is 69.9 Å². The van der Waals surface area contributed by atoms with Crippen LogP contribution >= 0.6 is 0 Å². The maximum atomic E-state index is 14.2. The Kier molecular flexibility index (Phi) is 9.55. The Hall–Kier alpha value is -2.34. The normalized spacial score (nSPS) is 10.4. The number of halogens is 2. The molecule has 0 amide bonds. The summed E-state index contributed by atoms with van der Waals surface area (Å²) in [6.45, 7) is 4.61. The van der Waals surface area contributed by atoms with Crippen LogP contribution in [0.1, 0.15) is 75.5 Å². The molecule has 0 aliphatic heterocycles. The van der Waals surface area contributed by atoms with Crippen LogP contribution in [0.3, 0.4) is 0 Å². The molecule has 0 spiro atoms. The molecule has 150 valence electrons. The zero-order valence-corrected chi connectivity index (χ0v) is 17.0. The average Bonchev–Trinajstić information content (AvgIpc) is 2.71. The summed E-state index contributed by atoms with van der Waals surface area (Å²) in [6, 6.07) is 10.9. The van der Waals surface area contributed by atoms with Crippen LogP contribution in [0.4, 0.5) is 8.78 Å². The van der Waals surface area contributed by atoms with Crippen LogP contribution in [-0.2, 0) is 6.42 Å². The zero-order valence-electron chi connectivity index (χ0n) is 17.0. The summed E-state index contributed by atoms with van der Waals surface area (Å²) >= 11 is 0. The molecule has 0 heterocycles. The van der Waals surface area contributed by atoms with E-state index in [1.807, 2.05) is 19.1 Å². The van der Waals surface area contributed by atoms with Crippen molar-refractivity contribution in [1.82, 2.24) is 0 Å². The van der Waals surface area contributed by atoms with Crippen molar-refractivity contribution in [1.29, 1.82) is 0 Å². The number of ether oxygens (including phenoxy) is 1. The minimum atomic E-state index is -0.971. The van der Waals surface area contributed by atoms with Crippen molar-refractivity contribution < 1.29 is 13.5 Å². The van der Waals surface area contributed by atoms with Gasteiger partial charge in [0.15, 0.2) is 11.6 Å². The van der Waals surface area contributed by atoms with Gasteiger partial charge in [-0.05, 0) is 49.1 Å². The van der Waals surface area contributed by atoms with Crippen molar-refractivity contribution in [2.45, 2.75) is 65.2 Å². The predicted octanol–water partition coefficient (Wildman–Crippen LogP) is 7.06. The number of hydrogen-bond acceptors (Lipinski definition) is 1. The summed E-state index contributed by atoms with van der Waals surface area (Å²) in [4.78, 5) is 0. The second kappa shape index (κ2) is 12.2. The fourth-order valence-corrected chi connectivity index (χ4v) is 2.89. The highest BCUT2D eigenvalue weighted by Crippen LogP contribution is 2.22. The molecular weight excluding hydrogens is 354 g/mol. The maximum absolute atomic E-state index is 14.2. The molecule has 0 aliphatic carbocycles. The van der Waals surface area contributed by atoms with Crippen LogP contribution in [0.25, 0.3) is 0 Å². The largest absolute Gasteiger partial charge is 0.490 e. The summed E-state index contributed by atoms with van der Waals surface area (Å²) in [6.07, 6.45) is 9.12. The van der Waals surface area contributed by atoms with E-state index in [1.165, 1.54) is 49.8 Å². The molecule has 0 atom stereocenters. The van der Waals surface area contributed by atoms with E-state index < -0.39 is 11.6 Å². The highest BCUT2D eigenvalue weighted by Gasteiger charge is 2.13. The quantitative estimate of drug-likeness (QED) is 0.315. The van der Waals surface area contributed by atoms with E-state index in [0.29, 0.717) is 6.61 Å². The lowest BCUT2D eigenvalue weighted by atomic mass is 10.0. The first kappa shape index (κ1) is 22.0. The molecule has 0 aromatic heterocycles. The first-order valence-corrected chi connectivity index (χ1v) is 10.4. The first-order chi connectivity index (χ1) is 13.7. The molecule has 2 aromatic carbocycles. The third-order valence-corrected chi connectivity index (χ3v) is 4.67. The van der Waals surface area contributed by atoms with E-state index in [2.05, 4.69) is 30.9 Å². The molecule has 1 nitrogen and oxygen atoms in total. The van der Waals surface area contributed by atoms with E-state index in [4.69, 9.17) is 4.74 Å². The molecule has 0 bridgehead atoms. The molecule has 0 N–H and O–H groups in total. The highest BCUT2D eigenvalue weighted by molar-refractivity contribution is 5.46. The summed E-state index contributed by atoms with van der Waals surface area (Å²) < 4.78 is 33.6. The van der Waals surface area contributed by atoms with Crippen molar-refractivity contribution in [2.75, 3.05) is 6.61 Å². The van der Waals surface area contributed by atoms with E-state index >= 15 is 0 Å². The Balaban J connectivity index is 1.96. The van der Waals surface area contributed by atoms with Crippen LogP contribution in [0.5, 0.6) is 5.75 Å². The zero-order chi connectivity index (χ0) is 20.2. The van der Waals surface area contributed by atoms with Crippen LogP contribution in [-0.4, -0.2) is 6.61 Å². The van der Waals surface area contributed by atoms with Gasteiger partial charge in [0.1, 0.15) is 0 Å². The summed E-state index contributed by atoms with van der Waals surface area (Å²) in [5, 5.41) is 0. The summed E-state index contributed by atoms with van der Waals surface area (Å²) in [5.74, 6) is 3.66. The molecule has 0 radical (unpaired) electrons. The highest BCUT2D eigenvalue weighted by atomic mass is 19.2. The van der Waals surface area contributed by atoms with Gasteiger partial charge in [0, 0.05) is 5.56 Å². The number of hydrogen-bond donors (Lipinski definition) is 0. The van der Waals surface area contributed by atoms with Gasteiger partial charge in [0.2, 0.25) is 5.82 Å². The molecule has 0 aliphatic rings. The van der Waals surface area contributed by atoms with Gasteiger partial charge in [-0.25, -0.2) is 4.39 Å². The Morgan fingerprint density at radius 1 is 0.750 bits per heavy atom. The summed E-state index contributed by atoms with van der Waals surface area (Å²) in [7, 11) is 0. The van der Waals surface area contributed by atoms with Crippen LogP contribution in [0.2, 0.25) is 0 Å². The van der Waals surface area contributed by atoms with Crippen molar-refractivity contribution >= 4 is 0 Å². The molecular formula is C25H30F2O. The Morgan fingerprint density at radius 3 is 2.18 bits per heavy atom. The molecule has 0 saturated heterocycles. The van der Waals surface area contributed by atoms with Gasteiger partial charge in [-0.3, -0.25) is 0 Å². The van der Waals surface area contributed by atoms with Crippen LogP contribution in [0, 0.1) is 23.5 Å². The van der Waals surface area contributed by atoms with E-state index in [1.54, 1.807) is 0 Å². The minimum absolute atomic E-state index is 0.0420. The van der Waals surface area contributed by atoms with Gasteiger partial charge in [0.25, 0.3) is 0 Å². The monoisotopic (exact) mass is 384 g/mol. The molecule has 3 heteroatoms. The van der Waals surface area contributed by atoms with Gasteiger partial charge in [-0.15, -0.1) is 0 Å². The number of benzene rings is 2. The lowest BCUT2D eigenvalue weighted by molar-refractivity contribution is 0.288. The number of rotatable bonds is 10. The molecule has 28 heavy (non-hydrogen) atoms. The Bertz CT molecular complexity index is 785. The third kappa shape index (κ3) is 7.00. The molecule has 0 saturated carbocycles. The summed E-state index contributed by atoms with van der Waals surface area (Å²) in [5.41, 5.74) is 2.12. The Morgan fingerprint density at radius 2 is 1.46 bits per heavy atom. The van der Waals surface area contributed by atoms with Crippen LogP contribution < -0.4 is 4.74 Å². The van der Waals surface area contributed by atoms with E-state index in [0.717, 1.165) is 24.8 Å². The second-order valence-corrected chi connectivity index (χ2v) is 7.05. The van der Waals surface area contributed by atoms with Crippen molar-refractivity contribution in [2.24, 2.45) is 0 Å². The predicted molar refractivity (Wildman–Crippen MR) is 112 cm³/mol. The van der Waals surface area contributed by atoms with Crippen LogP contribution in [0.15, 0.2) is 36.4 Å². The average molecular weight is 385 g/mol. The smallest absolute Gasteiger partial charge is 0.201 e. The van der Waals surface area contributed by atoms with E-state index in [9.17, 15) is 8.78 Å². The van der Waals surface area contributed by atoms with Gasteiger partial charge < -0.3 is 4.74 Å².